The van der Waals surface area contributed by atoms with Gasteiger partial charge in [0.1, 0.15) is 5.82 Å². The Morgan fingerprint density at radius 1 is 1.24 bits per heavy atom. The van der Waals surface area contributed by atoms with Crippen molar-refractivity contribution in [2.24, 2.45) is 0 Å². The summed E-state index contributed by atoms with van der Waals surface area (Å²) in [4.78, 5) is 13.7. The van der Waals surface area contributed by atoms with E-state index in [1.54, 1.807) is 25.2 Å². The van der Waals surface area contributed by atoms with Gasteiger partial charge in [0.2, 0.25) is 5.91 Å². The van der Waals surface area contributed by atoms with Gasteiger partial charge in [0, 0.05) is 29.9 Å². The zero-order valence-corrected chi connectivity index (χ0v) is 12.4. The smallest absolute Gasteiger partial charge is 0.227 e. The highest BCUT2D eigenvalue weighted by Crippen LogP contribution is 2.20. The third kappa shape index (κ3) is 3.95. The Hall–Kier alpha value is -2.07. The van der Waals surface area contributed by atoms with Gasteiger partial charge >= 0.3 is 0 Å². The van der Waals surface area contributed by atoms with E-state index < -0.39 is 5.82 Å². The summed E-state index contributed by atoms with van der Waals surface area (Å²) >= 11 is 5.93. The first-order chi connectivity index (χ1) is 9.97. The highest BCUT2D eigenvalue weighted by Gasteiger charge is 2.15. The van der Waals surface area contributed by atoms with Crippen molar-refractivity contribution in [1.82, 2.24) is 4.90 Å². The van der Waals surface area contributed by atoms with E-state index in [4.69, 9.17) is 17.3 Å². The molecule has 0 aromatic heterocycles. The summed E-state index contributed by atoms with van der Waals surface area (Å²) in [5.74, 6) is -0.657. The minimum Gasteiger partial charge on any atom is -0.399 e. The van der Waals surface area contributed by atoms with Gasteiger partial charge in [0.15, 0.2) is 0 Å². The van der Waals surface area contributed by atoms with Crippen LogP contribution in [0.25, 0.3) is 0 Å². The number of carbonyl (C=O) groups excluding carboxylic acids is 1. The maximum atomic E-state index is 13.7. The van der Waals surface area contributed by atoms with Gasteiger partial charge in [0.05, 0.1) is 6.42 Å². The summed E-state index contributed by atoms with van der Waals surface area (Å²) in [6, 6.07) is 11.7. The van der Waals surface area contributed by atoms with Gasteiger partial charge in [-0.1, -0.05) is 29.8 Å². The van der Waals surface area contributed by atoms with E-state index in [0.29, 0.717) is 12.2 Å². The quantitative estimate of drug-likeness (QED) is 0.881. The van der Waals surface area contributed by atoms with Crippen LogP contribution in [0.3, 0.4) is 0 Å². The van der Waals surface area contributed by atoms with Crippen molar-refractivity contribution in [2.75, 3.05) is 12.8 Å². The number of hydrogen-bond donors (Lipinski definition) is 1. The Balaban J connectivity index is 2.04. The molecule has 0 bridgehead atoms. The van der Waals surface area contributed by atoms with Crippen LogP contribution in [0.1, 0.15) is 11.1 Å². The first kappa shape index (κ1) is 15.3. The number of nitrogen functional groups attached to an aromatic ring is 1. The van der Waals surface area contributed by atoms with E-state index in [1.165, 1.54) is 17.0 Å². The van der Waals surface area contributed by atoms with Crippen molar-refractivity contribution in [3.8, 4) is 0 Å². The molecule has 2 aromatic carbocycles. The second-order valence-electron chi connectivity index (χ2n) is 4.87. The molecule has 0 aliphatic heterocycles. The molecule has 110 valence electrons. The Kier molecular flexibility index (Phi) is 4.81. The molecule has 0 heterocycles. The van der Waals surface area contributed by atoms with E-state index >= 15 is 0 Å². The van der Waals surface area contributed by atoms with Gasteiger partial charge in [-0.25, -0.2) is 4.39 Å². The van der Waals surface area contributed by atoms with Crippen molar-refractivity contribution in [2.45, 2.75) is 13.0 Å². The SMILES string of the molecule is CN(Cc1ccc(N)cc1)C(=O)Cc1c(F)cccc1Cl. The zero-order valence-electron chi connectivity index (χ0n) is 11.6. The average Bonchev–Trinajstić information content (AvgIpc) is 2.45. The van der Waals surface area contributed by atoms with Gasteiger partial charge in [-0.2, -0.15) is 0 Å². The number of benzene rings is 2. The predicted molar refractivity (Wildman–Crippen MR) is 82.4 cm³/mol. The second kappa shape index (κ2) is 6.59. The summed E-state index contributed by atoms with van der Waals surface area (Å²) in [6.45, 7) is 0.436. The number of rotatable bonds is 4. The molecule has 0 aliphatic rings. The number of nitrogens with two attached hydrogens (primary N) is 1. The number of hydrogen-bond acceptors (Lipinski definition) is 2. The number of halogens is 2. The van der Waals surface area contributed by atoms with Crippen LogP contribution in [-0.2, 0) is 17.8 Å². The molecule has 0 saturated carbocycles. The molecule has 2 aromatic rings. The summed E-state index contributed by atoms with van der Waals surface area (Å²) in [7, 11) is 1.67. The maximum absolute atomic E-state index is 13.7. The third-order valence-corrected chi connectivity index (χ3v) is 3.57. The highest BCUT2D eigenvalue weighted by atomic mass is 35.5. The molecule has 0 fully saturated rings. The van der Waals surface area contributed by atoms with Crippen molar-refractivity contribution in [3.63, 3.8) is 0 Å². The number of anilines is 1. The van der Waals surface area contributed by atoms with Gasteiger partial charge in [0.25, 0.3) is 0 Å². The van der Waals surface area contributed by atoms with Crippen LogP contribution in [0.5, 0.6) is 0 Å². The van der Waals surface area contributed by atoms with Crippen molar-refractivity contribution >= 4 is 23.2 Å². The third-order valence-electron chi connectivity index (χ3n) is 3.21. The number of amides is 1. The first-order valence-electron chi connectivity index (χ1n) is 6.48. The molecule has 5 heteroatoms. The van der Waals surface area contributed by atoms with Crippen LogP contribution in [0, 0.1) is 5.82 Å². The molecule has 0 atom stereocenters. The van der Waals surface area contributed by atoms with Crippen LogP contribution < -0.4 is 5.73 Å². The number of nitrogens with zero attached hydrogens (tertiary/aromatic N) is 1. The summed E-state index contributed by atoms with van der Waals surface area (Å²) < 4.78 is 13.7. The molecule has 0 unspecified atom stereocenters. The lowest BCUT2D eigenvalue weighted by Crippen LogP contribution is -2.28. The second-order valence-corrected chi connectivity index (χ2v) is 5.28. The van der Waals surface area contributed by atoms with Crippen LogP contribution in [0.15, 0.2) is 42.5 Å². The molecule has 2 rings (SSSR count). The molecule has 3 nitrogen and oxygen atoms in total. The van der Waals surface area contributed by atoms with E-state index in [2.05, 4.69) is 0 Å². The van der Waals surface area contributed by atoms with E-state index in [0.717, 1.165) is 5.56 Å². The molecule has 2 N–H and O–H groups in total. The fourth-order valence-electron chi connectivity index (χ4n) is 1.97. The fourth-order valence-corrected chi connectivity index (χ4v) is 2.20. The average molecular weight is 307 g/mol. The van der Waals surface area contributed by atoms with Crippen LogP contribution in [0.2, 0.25) is 5.02 Å². The number of likely N-dealkylation sites (N-methyl/N-ethyl adjacent to an activating group) is 1. The lowest BCUT2D eigenvalue weighted by atomic mass is 10.1. The summed E-state index contributed by atoms with van der Waals surface area (Å²) in [5.41, 5.74) is 7.48. The van der Waals surface area contributed by atoms with E-state index in [1.807, 2.05) is 12.1 Å². The molecular weight excluding hydrogens is 291 g/mol. The normalized spacial score (nSPS) is 10.4. The minimum atomic E-state index is -0.461. The standard InChI is InChI=1S/C16H16ClFN2O/c1-20(10-11-5-7-12(19)8-6-11)16(21)9-13-14(17)3-2-4-15(13)18/h2-8H,9-10,19H2,1H3. The largest absolute Gasteiger partial charge is 0.399 e. The fraction of sp³-hybridized carbons (Fsp3) is 0.188. The van der Waals surface area contributed by atoms with Gasteiger partial charge < -0.3 is 10.6 Å². The topological polar surface area (TPSA) is 46.3 Å². The van der Waals surface area contributed by atoms with Gasteiger partial charge in [-0.3, -0.25) is 4.79 Å². The molecule has 0 radical (unpaired) electrons. The molecule has 0 saturated heterocycles. The molecular formula is C16H16ClFN2O. The lowest BCUT2D eigenvalue weighted by Gasteiger charge is -2.18. The summed E-state index contributed by atoms with van der Waals surface area (Å²) in [5, 5.41) is 0.268. The number of carbonyl (C=O) groups is 1. The lowest BCUT2D eigenvalue weighted by molar-refractivity contribution is -0.129. The van der Waals surface area contributed by atoms with Crippen LogP contribution >= 0.6 is 11.6 Å². The van der Waals surface area contributed by atoms with Crippen LogP contribution in [-0.4, -0.2) is 17.9 Å². The Bertz CT molecular complexity index is 623. The van der Waals surface area contributed by atoms with Crippen LogP contribution in [0.4, 0.5) is 10.1 Å². The summed E-state index contributed by atoms with van der Waals surface area (Å²) in [6.07, 6.45) is -0.0586. The molecule has 1 amide bonds. The molecule has 0 spiro atoms. The van der Waals surface area contributed by atoms with Crippen molar-refractivity contribution in [3.05, 3.63) is 64.4 Å². The minimum absolute atomic E-state index is 0.0586. The first-order valence-corrected chi connectivity index (χ1v) is 6.86. The highest BCUT2D eigenvalue weighted by molar-refractivity contribution is 6.31. The Morgan fingerprint density at radius 3 is 2.52 bits per heavy atom. The van der Waals surface area contributed by atoms with E-state index in [9.17, 15) is 9.18 Å². The predicted octanol–water partition coefficient (Wildman–Crippen LogP) is 3.26. The Labute approximate surface area is 128 Å². The molecule has 21 heavy (non-hydrogen) atoms. The zero-order chi connectivity index (χ0) is 15.4. The van der Waals surface area contributed by atoms with Crippen molar-refractivity contribution < 1.29 is 9.18 Å². The van der Waals surface area contributed by atoms with E-state index in [-0.39, 0.29) is 22.9 Å². The Morgan fingerprint density at radius 2 is 1.90 bits per heavy atom. The molecule has 0 aliphatic carbocycles. The van der Waals surface area contributed by atoms with Gasteiger partial charge in [-0.15, -0.1) is 0 Å². The van der Waals surface area contributed by atoms with Gasteiger partial charge in [-0.05, 0) is 29.8 Å². The maximum Gasteiger partial charge on any atom is 0.227 e. The monoisotopic (exact) mass is 306 g/mol. The van der Waals surface area contributed by atoms with Crippen molar-refractivity contribution in [1.29, 1.82) is 0 Å².